The Labute approximate surface area is 476 Å². The molecule has 19 heteroatoms. The number of unbranched alkanes of at least 4 members (excludes halogenated alkanes) is 1. The average Bonchev–Trinajstić information content (AvgIpc) is 4.02. The van der Waals surface area contributed by atoms with Crippen LogP contribution in [-0.4, -0.2) is 93.1 Å². The molecule has 1 aromatic carbocycles. The number of imidazole rings is 2. The number of rotatable bonds is 17. The molecule has 3 atom stereocenters. The molecule has 1 N–H and O–H groups in total. The van der Waals surface area contributed by atoms with Gasteiger partial charge in [-0.2, -0.15) is 4.98 Å². The first-order valence-corrected chi connectivity index (χ1v) is 28.1. The largest absolute Gasteiger partial charge is 0.476 e. The van der Waals surface area contributed by atoms with Crippen LogP contribution < -0.4 is 10.1 Å². The molecule has 5 aromatic rings. The van der Waals surface area contributed by atoms with E-state index in [1.165, 1.54) is 6.08 Å². The summed E-state index contributed by atoms with van der Waals surface area (Å²) in [6.07, 6.45) is 8.81. The topological polar surface area (TPSA) is 208 Å². The van der Waals surface area contributed by atoms with E-state index in [9.17, 15) is 19.2 Å². The van der Waals surface area contributed by atoms with Crippen LogP contribution in [0, 0.1) is 49.4 Å². The Morgan fingerprint density at radius 3 is 1.58 bits per heavy atom. The molecule has 440 valence electrons. The molecule has 0 spiro atoms. The van der Waals surface area contributed by atoms with Crippen molar-refractivity contribution in [1.82, 2.24) is 49.3 Å². The number of aryl methyl sites for hydroxylation is 2. The van der Waals surface area contributed by atoms with E-state index in [0.717, 1.165) is 35.2 Å². The fourth-order valence-corrected chi connectivity index (χ4v) is 6.66. The summed E-state index contributed by atoms with van der Waals surface area (Å²) in [5.74, 6) is 3.30. The van der Waals surface area contributed by atoms with Crippen molar-refractivity contribution in [2.24, 2.45) is 35.5 Å². The Morgan fingerprint density at radius 2 is 1.13 bits per heavy atom. The van der Waals surface area contributed by atoms with Crippen LogP contribution in [0.1, 0.15) is 174 Å². The molecular weight excluding hydrogens is 1020 g/mol. The summed E-state index contributed by atoms with van der Waals surface area (Å²) in [4.78, 5) is 72.1. The first-order valence-electron chi connectivity index (χ1n) is 27.7. The number of carbonyl (C=O) groups excluding carboxylic acids is 4. The fraction of sp³-hybridized carbons (Fsp3) is 0.600. The molecule has 4 aromatic heterocycles. The van der Waals surface area contributed by atoms with Crippen molar-refractivity contribution < 1.29 is 38.1 Å². The molecule has 0 saturated heterocycles. The SMILES string of the molecule is C=C1NC(=O)C=CN1C(C)C.CC(C)OC(=O)[C@H](C)C(C)C.CC(C)[C@H](C)C(=O)OCc1ccccc1.CCCCOC(=O)[C@@H](C)C(C)C.CCOc1nc(C)nc2c1ncn2C(C)C.Cc1nc(Cl)c2ncn(C(C)C)c2n1. The number of halogens is 1. The van der Waals surface area contributed by atoms with Gasteiger partial charge in [-0.25, -0.2) is 24.9 Å². The van der Waals surface area contributed by atoms with Gasteiger partial charge < -0.3 is 38.3 Å². The van der Waals surface area contributed by atoms with Crippen molar-refractivity contribution in [2.45, 2.75) is 189 Å². The molecule has 0 aliphatic carbocycles. The van der Waals surface area contributed by atoms with Crippen LogP contribution in [0.25, 0.3) is 22.3 Å². The van der Waals surface area contributed by atoms with Gasteiger partial charge in [0.2, 0.25) is 5.88 Å². The van der Waals surface area contributed by atoms with Crippen molar-refractivity contribution in [3.05, 3.63) is 90.0 Å². The normalized spacial score (nSPS) is 13.1. The molecule has 1 aliphatic rings. The van der Waals surface area contributed by atoms with E-state index >= 15 is 0 Å². The molecule has 1 amide bonds. The van der Waals surface area contributed by atoms with Crippen molar-refractivity contribution in [3.8, 4) is 5.88 Å². The summed E-state index contributed by atoms with van der Waals surface area (Å²) < 4.78 is 24.8. The molecule has 6 rings (SSSR count). The molecule has 0 radical (unpaired) electrons. The van der Waals surface area contributed by atoms with Crippen LogP contribution >= 0.6 is 11.6 Å². The number of benzene rings is 1. The number of esters is 3. The van der Waals surface area contributed by atoms with Crippen molar-refractivity contribution >= 4 is 57.7 Å². The van der Waals surface area contributed by atoms with Gasteiger partial charge in [0.25, 0.3) is 5.91 Å². The Balaban J connectivity index is 0.000000477. The number of amides is 1. The third-order valence-corrected chi connectivity index (χ3v) is 12.6. The second-order valence-corrected chi connectivity index (χ2v) is 21.7. The lowest BCUT2D eigenvalue weighted by Gasteiger charge is -2.29. The minimum absolute atomic E-state index is 0.00343. The standard InChI is InChI=1S/C13H18O2.C11H16N4O.C10H20O2.C9H11ClN4.C9H18O2.C8H12N2O/c1-10(2)11(3)13(14)15-9-12-7-5-4-6-8-12;1-5-16-11-9-10(13-8(4)14-11)15(6-12-9)7(2)3;1-5-6-7-12-10(11)9(4)8(2)3;1-5(2)14-4-11-7-8(10)12-6(3)13-9(7)14;1-6(2)8(5)9(10)11-7(3)4;1-6(2)10-5-4-8(11)9-7(10)3/h4-8,10-11H,9H2,1-3H3;6-7H,5H2,1-4H3;8-9H,5-7H2,1-4H3;4-5H,1-3H3;6-8H,1-5H3;4-6H,3H2,1-2H3,(H,9,11)/t11-;;9-;;8-;/m0.0.1./s1. The van der Waals surface area contributed by atoms with Crippen LogP contribution in [-0.2, 0) is 40.0 Å². The lowest BCUT2D eigenvalue weighted by Crippen LogP contribution is -2.38. The van der Waals surface area contributed by atoms with Crippen molar-refractivity contribution in [1.29, 1.82) is 0 Å². The summed E-state index contributed by atoms with van der Waals surface area (Å²) in [6, 6.07) is 10.7. The van der Waals surface area contributed by atoms with E-state index in [2.05, 4.69) is 76.4 Å². The number of carbonyl (C=O) groups is 4. The summed E-state index contributed by atoms with van der Waals surface area (Å²) in [5.41, 5.74) is 4.08. The Kier molecular flexibility index (Phi) is 32.1. The second-order valence-electron chi connectivity index (χ2n) is 21.4. The highest BCUT2D eigenvalue weighted by molar-refractivity contribution is 6.33. The van der Waals surface area contributed by atoms with Crippen LogP contribution in [0.4, 0.5) is 0 Å². The van der Waals surface area contributed by atoms with Gasteiger partial charge in [0.1, 0.15) is 29.6 Å². The van der Waals surface area contributed by atoms with Crippen LogP contribution in [0.15, 0.2) is 67.7 Å². The van der Waals surface area contributed by atoms with Gasteiger partial charge in [-0.15, -0.1) is 0 Å². The van der Waals surface area contributed by atoms with Crippen LogP contribution in [0.2, 0.25) is 5.15 Å². The summed E-state index contributed by atoms with van der Waals surface area (Å²) >= 11 is 5.95. The average molecular weight is 1120 g/mol. The lowest BCUT2D eigenvalue weighted by atomic mass is 9.98. The zero-order valence-electron chi connectivity index (χ0n) is 51.4. The number of nitrogens with one attached hydrogen (secondary N) is 1. The third kappa shape index (κ3) is 25.1. The first kappa shape index (κ1) is 70.6. The number of hydrogen-bond acceptors (Lipinski definition) is 15. The number of hydrogen-bond donors (Lipinski definition) is 1. The Morgan fingerprint density at radius 1 is 0.646 bits per heavy atom. The van der Waals surface area contributed by atoms with Gasteiger partial charge in [-0.3, -0.25) is 19.2 Å². The highest BCUT2D eigenvalue weighted by Gasteiger charge is 2.21. The summed E-state index contributed by atoms with van der Waals surface area (Å²) in [7, 11) is 0. The lowest BCUT2D eigenvalue weighted by molar-refractivity contribution is -0.153. The van der Waals surface area contributed by atoms with Gasteiger partial charge in [-0.05, 0) is 106 Å². The highest BCUT2D eigenvalue weighted by atomic mass is 35.5. The Bertz CT molecular complexity index is 2660. The van der Waals surface area contributed by atoms with Gasteiger partial charge in [0.15, 0.2) is 22.0 Å². The molecule has 0 saturated carbocycles. The third-order valence-electron chi connectivity index (χ3n) is 12.3. The molecule has 1 aliphatic heterocycles. The molecule has 0 bridgehead atoms. The summed E-state index contributed by atoms with van der Waals surface area (Å²) in [6.45, 7) is 47.0. The predicted octanol–water partition coefficient (Wildman–Crippen LogP) is 13.2. The monoisotopic (exact) mass is 1120 g/mol. The Hall–Kier alpha value is -6.43. The number of aromatic nitrogens is 8. The maximum absolute atomic E-state index is 11.5. The zero-order chi connectivity index (χ0) is 60.3. The van der Waals surface area contributed by atoms with E-state index in [1.807, 2.05) is 155 Å². The smallest absolute Gasteiger partial charge is 0.309 e. The van der Waals surface area contributed by atoms with Crippen molar-refractivity contribution in [2.75, 3.05) is 13.2 Å². The molecule has 18 nitrogen and oxygen atoms in total. The van der Waals surface area contributed by atoms with Crippen molar-refractivity contribution in [3.63, 3.8) is 0 Å². The minimum Gasteiger partial charge on any atom is -0.476 e. The molecular formula is C60H95ClN10O8. The molecule has 0 fully saturated rings. The quantitative estimate of drug-likeness (QED) is 0.0397. The molecule has 5 heterocycles. The van der Waals surface area contributed by atoms with Crippen LogP contribution in [0.5, 0.6) is 5.88 Å². The first-order chi connectivity index (χ1) is 37.0. The molecule has 79 heavy (non-hydrogen) atoms. The van der Waals surface area contributed by atoms with Gasteiger partial charge >= 0.3 is 17.9 Å². The van der Waals surface area contributed by atoms with Gasteiger partial charge in [0, 0.05) is 30.4 Å². The van der Waals surface area contributed by atoms with E-state index in [1.54, 1.807) is 18.9 Å². The maximum Gasteiger partial charge on any atom is 0.309 e. The maximum atomic E-state index is 11.5. The van der Waals surface area contributed by atoms with Gasteiger partial charge in [-0.1, -0.05) is 124 Å². The second kappa shape index (κ2) is 36.0. The summed E-state index contributed by atoms with van der Waals surface area (Å²) in [5, 5.41) is 3.04. The number of fused-ring (bicyclic) bond motifs is 2. The minimum atomic E-state index is -0.117. The molecule has 0 unspecified atom stereocenters. The fourth-order valence-electron chi connectivity index (χ4n) is 6.41. The highest BCUT2D eigenvalue weighted by Crippen LogP contribution is 2.24. The number of ether oxygens (including phenoxy) is 4. The van der Waals surface area contributed by atoms with E-state index < -0.39 is 0 Å². The zero-order valence-corrected chi connectivity index (χ0v) is 52.1. The predicted molar refractivity (Wildman–Crippen MR) is 316 cm³/mol. The van der Waals surface area contributed by atoms with Gasteiger partial charge in [0.05, 0.1) is 49.7 Å². The van der Waals surface area contributed by atoms with E-state index in [-0.39, 0.29) is 47.7 Å². The van der Waals surface area contributed by atoms with E-state index in [4.69, 9.17) is 30.5 Å². The van der Waals surface area contributed by atoms with Crippen LogP contribution in [0.3, 0.4) is 0 Å². The number of nitrogens with zero attached hydrogens (tertiary/aromatic N) is 9. The van der Waals surface area contributed by atoms with E-state index in [0.29, 0.717) is 89.7 Å².